The van der Waals surface area contributed by atoms with E-state index in [1.54, 1.807) is 18.4 Å². The molecule has 0 aliphatic heterocycles. The van der Waals surface area contributed by atoms with E-state index in [1.807, 2.05) is 6.92 Å². The normalized spacial score (nSPS) is 27.9. The van der Waals surface area contributed by atoms with Crippen LogP contribution in [0.4, 0.5) is 0 Å². The quantitative estimate of drug-likeness (QED) is 0.893. The Hall–Kier alpha value is -0.420. The van der Waals surface area contributed by atoms with Gasteiger partial charge < -0.3 is 15.2 Å². The fraction of sp³-hybridized carbons (Fsp3) is 0.714. The van der Waals surface area contributed by atoms with Crippen LogP contribution in [-0.2, 0) is 9.47 Å². The summed E-state index contributed by atoms with van der Waals surface area (Å²) < 4.78 is 11.7. The van der Waals surface area contributed by atoms with Crippen LogP contribution in [0.3, 0.4) is 0 Å². The number of nitrogens with two attached hydrogens (primary N) is 1. The van der Waals surface area contributed by atoms with Gasteiger partial charge in [-0.1, -0.05) is 0 Å². The van der Waals surface area contributed by atoms with Gasteiger partial charge in [0.2, 0.25) is 0 Å². The predicted octanol–water partition coefficient (Wildman–Crippen LogP) is 3.11. The molecule has 1 heterocycles. The molecular formula is C14H23NO2S. The maximum atomic E-state index is 6.23. The summed E-state index contributed by atoms with van der Waals surface area (Å²) in [6.07, 6.45) is 5.07. The predicted molar refractivity (Wildman–Crippen MR) is 74.8 cm³/mol. The summed E-state index contributed by atoms with van der Waals surface area (Å²) in [5.41, 5.74) is 7.26. The molecule has 0 aromatic carbocycles. The van der Waals surface area contributed by atoms with E-state index in [0.717, 1.165) is 19.3 Å². The summed E-state index contributed by atoms with van der Waals surface area (Å²) in [4.78, 5) is 0. The Bertz CT molecular complexity index is 340. The molecule has 1 aliphatic carbocycles. The van der Waals surface area contributed by atoms with Crippen molar-refractivity contribution < 1.29 is 9.47 Å². The number of methoxy groups -OCH3 is 1. The fourth-order valence-electron chi connectivity index (χ4n) is 2.59. The highest BCUT2D eigenvalue weighted by atomic mass is 32.1. The molecule has 1 aromatic heterocycles. The Morgan fingerprint density at radius 1 is 1.39 bits per heavy atom. The largest absolute Gasteiger partial charge is 0.381 e. The van der Waals surface area contributed by atoms with Crippen LogP contribution in [0.15, 0.2) is 16.8 Å². The summed E-state index contributed by atoms with van der Waals surface area (Å²) in [6, 6.07) is 2.12. The van der Waals surface area contributed by atoms with Crippen molar-refractivity contribution in [3.8, 4) is 0 Å². The molecule has 0 radical (unpaired) electrons. The minimum absolute atomic E-state index is 0.0110. The second-order valence-electron chi connectivity index (χ2n) is 5.12. The van der Waals surface area contributed by atoms with Gasteiger partial charge in [0.05, 0.1) is 18.3 Å². The van der Waals surface area contributed by atoms with E-state index < -0.39 is 0 Å². The van der Waals surface area contributed by atoms with Gasteiger partial charge in [0, 0.05) is 13.2 Å². The maximum Gasteiger partial charge on any atom is 0.0984 e. The standard InChI is InChI=1S/C14H23NO2S/c1-10(15)14(11-6-7-18-9-11)17-13-5-3-4-12(8-13)16-2/h6-7,9-10,12-14H,3-5,8,15H2,1-2H3. The lowest BCUT2D eigenvalue weighted by molar-refractivity contribution is -0.0724. The van der Waals surface area contributed by atoms with Crippen molar-refractivity contribution in [3.05, 3.63) is 22.4 Å². The second-order valence-corrected chi connectivity index (χ2v) is 5.90. The van der Waals surface area contributed by atoms with Crippen LogP contribution in [0.1, 0.15) is 44.3 Å². The second kappa shape index (κ2) is 6.66. The van der Waals surface area contributed by atoms with E-state index in [-0.39, 0.29) is 18.2 Å². The van der Waals surface area contributed by atoms with Gasteiger partial charge >= 0.3 is 0 Å². The zero-order valence-corrected chi connectivity index (χ0v) is 12.0. The highest BCUT2D eigenvalue weighted by Crippen LogP contribution is 2.30. The molecule has 1 fully saturated rings. The van der Waals surface area contributed by atoms with E-state index in [1.165, 1.54) is 12.0 Å². The van der Waals surface area contributed by atoms with Crippen LogP contribution in [-0.4, -0.2) is 25.4 Å². The van der Waals surface area contributed by atoms with Crippen LogP contribution in [0.2, 0.25) is 0 Å². The van der Waals surface area contributed by atoms with Crippen LogP contribution >= 0.6 is 11.3 Å². The Morgan fingerprint density at radius 3 is 2.78 bits per heavy atom. The Labute approximate surface area is 113 Å². The molecule has 102 valence electrons. The SMILES string of the molecule is COC1CCCC(OC(c2ccsc2)C(C)N)C1. The molecule has 18 heavy (non-hydrogen) atoms. The number of thiophene rings is 1. The number of hydrogen-bond acceptors (Lipinski definition) is 4. The van der Waals surface area contributed by atoms with E-state index in [4.69, 9.17) is 15.2 Å². The zero-order chi connectivity index (χ0) is 13.0. The molecule has 0 saturated heterocycles. The molecule has 1 saturated carbocycles. The van der Waals surface area contributed by atoms with Crippen molar-refractivity contribution in [2.45, 2.75) is 57.0 Å². The zero-order valence-electron chi connectivity index (χ0n) is 11.2. The van der Waals surface area contributed by atoms with Gasteiger partial charge in [-0.25, -0.2) is 0 Å². The molecular weight excluding hydrogens is 246 g/mol. The van der Waals surface area contributed by atoms with Crippen LogP contribution in [0.5, 0.6) is 0 Å². The minimum Gasteiger partial charge on any atom is -0.381 e. The molecule has 0 bridgehead atoms. The maximum absolute atomic E-state index is 6.23. The molecule has 4 atom stereocenters. The third kappa shape index (κ3) is 3.54. The molecule has 0 amide bonds. The van der Waals surface area contributed by atoms with Gasteiger partial charge in [0.1, 0.15) is 0 Å². The van der Waals surface area contributed by atoms with E-state index in [2.05, 4.69) is 16.8 Å². The minimum atomic E-state index is 0.0110. The van der Waals surface area contributed by atoms with Gasteiger partial charge in [-0.3, -0.25) is 0 Å². The van der Waals surface area contributed by atoms with Crippen molar-refractivity contribution in [2.24, 2.45) is 5.73 Å². The van der Waals surface area contributed by atoms with Gasteiger partial charge in [-0.15, -0.1) is 0 Å². The van der Waals surface area contributed by atoms with Gasteiger partial charge in [0.15, 0.2) is 0 Å². The van der Waals surface area contributed by atoms with Gasteiger partial charge in [-0.05, 0) is 55.0 Å². The summed E-state index contributed by atoms with van der Waals surface area (Å²) in [5.74, 6) is 0. The van der Waals surface area contributed by atoms with Crippen LogP contribution in [0, 0.1) is 0 Å². The lowest BCUT2D eigenvalue weighted by Crippen LogP contribution is -2.34. The highest BCUT2D eigenvalue weighted by molar-refractivity contribution is 7.07. The number of hydrogen-bond donors (Lipinski definition) is 1. The van der Waals surface area contributed by atoms with Crippen molar-refractivity contribution in [1.29, 1.82) is 0 Å². The average Bonchev–Trinajstić information content (AvgIpc) is 2.89. The Balaban J connectivity index is 1.97. The molecule has 2 rings (SSSR count). The summed E-state index contributed by atoms with van der Waals surface area (Å²) >= 11 is 1.69. The van der Waals surface area contributed by atoms with E-state index >= 15 is 0 Å². The molecule has 4 unspecified atom stereocenters. The summed E-state index contributed by atoms with van der Waals surface area (Å²) in [5, 5.41) is 4.21. The summed E-state index contributed by atoms with van der Waals surface area (Å²) in [6.45, 7) is 2.01. The molecule has 2 N–H and O–H groups in total. The highest BCUT2D eigenvalue weighted by Gasteiger charge is 2.27. The van der Waals surface area contributed by atoms with Gasteiger partial charge in [0.25, 0.3) is 0 Å². The average molecular weight is 269 g/mol. The lowest BCUT2D eigenvalue weighted by Gasteiger charge is -2.32. The molecule has 4 heteroatoms. The van der Waals surface area contributed by atoms with Crippen molar-refractivity contribution >= 4 is 11.3 Å². The monoisotopic (exact) mass is 269 g/mol. The Kier molecular flexibility index (Phi) is 5.18. The lowest BCUT2D eigenvalue weighted by atomic mass is 9.94. The van der Waals surface area contributed by atoms with Crippen LogP contribution < -0.4 is 5.73 Å². The molecule has 1 aromatic rings. The van der Waals surface area contributed by atoms with Crippen molar-refractivity contribution in [1.82, 2.24) is 0 Å². The number of ether oxygens (including phenoxy) is 2. The van der Waals surface area contributed by atoms with Crippen molar-refractivity contribution in [2.75, 3.05) is 7.11 Å². The van der Waals surface area contributed by atoms with E-state index in [0.29, 0.717) is 6.10 Å². The first kappa shape index (κ1) is 14.0. The first-order valence-electron chi connectivity index (χ1n) is 6.66. The Morgan fingerprint density at radius 2 is 2.17 bits per heavy atom. The fourth-order valence-corrected chi connectivity index (χ4v) is 3.27. The molecule has 3 nitrogen and oxygen atoms in total. The third-order valence-corrected chi connectivity index (χ3v) is 4.30. The molecule has 1 aliphatic rings. The topological polar surface area (TPSA) is 44.5 Å². The first-order chi connectivity index (χ1) is 8.70. The smallest absolute Gasteiger partial charge is 0.0984 e. The first-order valence-corrected chi connectivity index (χ1v) is 7.61. The molecule has 0 spiro atoms. The van der Waals surface area contributed by atoms with Crippen molar-refractivity contribution in [3.63, 3.8) is 0 Å². The van der Waals surface area contributed by atoms with E-state index in [9.17, 15) is 0 Å². The van der Waals surface area contributed by atoms with Gasteiger partial charge in [-0.2, -0.15) is 11.3 Å². The number of rotatable bonds is 5. The third-order valence-electron chi connectivity index (χ3n) is 3.60. The van der Waals surface area contributed by atoms with Crippen LogP contribution in [0.25, 0.3) is 0 Å². The summed E-state index contributed by atoms with van der Waals surface area (Å²) in [7, 11) is 1.79.